The molecule has 0 bridgehead atoms. The van der Waals surface area contributed by atoms with Crippen LogP contribution < -0.4 is 10.0 Å². The molecule has 1 aromatic carbocycles. The second kappa shape index (κ2) is 10.5. The molecule has 2 aromatic heterocycles. The van der Waals surface area contributed by atoms with E-state index in [1.54, 1.807) is 41.7 Å². The van der Waals surface area contributed by atoms with Crippen LogP contribution in [0.3, 0.4) is 0 Å². The van der Waals surface area contributed by atoms with E-state index in [1.807, 2.05) is 25.5 Å². The van der Waals surface area contributed by atoms with Gasteiger partial charge in [-0.05, 0) is 61.4 Å². The van der Waals surface area contributed by atoms with E-state index in [9.17, 15) is 13.2 Å². The first-order chi connectivity index (χ1) is 14.8. The Balaban J connectivity index is 1.54. The first-order valence-electron chi connectivity index (χ1n) is 9.63. The van der Waals surface area contributed by atoms with Gasteiger partial charge in [0, 0.05) is 17.5 Å². The minimum atomic E-state index is -3.65. The van der Waals surface area contributed by atoms with Crippen LogP contribution in [0.15, 0.2) is 75.6 Å². The minimum Gasteiger partial charge on any atom is -0.468 e. The van der Waals surface area contributed by atoms with Crippen molar-refractivity contribution in [2.45, 2.75) is 17.5 Å². The van der Waals surface area contributed by atoms with Crippen LogP contribution in [0.5, 0.6) is 0 Å². The van der Waals surface area contributed by atoms with Crippen LogP contribution in [0.2, 0.25) is 0 Å². The third-order valence-corrected chi connectivity index (χ3v) is 6.99. The smallest absolute Gasteiger partial charge is 0.244 e. The molecule has 3 rings (SSSR count). The molecule has 164 valence electrons. The number of benzene rings is 1. The van der Waals surface area contributed by atoms with Crippen molar-refractivity contribution in [3.63, 3.8) is 0 Å². The van der Waals surface area contributed by atoms with Gasteiger partial charge in [-0.25, -0.2) is 13.1 Å². The molecule has 2 N–H and O–H groups in total. The van der Waals surface area contributed by atoms with Crippen LogP contribution in [0.25, 0.3) is 6.08 Å². The number of rotatable bonds is 10. The van der Waals surface area contributed by atoms with Gasteiger partial charge in [0.2, 0.25) is 15.9 Å². The van der Waals surface area contributed by atoms with Gasteiger partial charge in [-0.2, -0.15) is 0 Å². The van der Waals surface area contributed by atoms with Crippen LogP contribution in [-0.4, -0.2) is 39.9 Å². The molecule has 3 aromatic rings. The number of amides is 1. The predicted molar refractivity (Wildman–Crippen MR) is 122 cm³/mol. The molecule has 0 spiro atoms. The lowest BCUT2D eigenvalue weighted by Gasteiger charge is -2.23. The Morgan fingerprint density at radius 1 is 1.16 bits per heavy atom. The van der Waals surface area contributed by atoms with Crippen molar-refractivity contribution in [3.8, 4) is 0 Å². The third kappa shape index (κ3) is 6.63. The average Bonchev–Trinajstić information content (AvgIpc) is 3.45. The summed E-state index contributed by atoms with van der Waals surface area (Å²) in [7, 11) is 0.306. The first-order valence-corrected chi connectivity index (χ1v) is 12.0. The Morgan fingerprint density at radius 2 is 1.94 bits per heavy atom. The van der Waals surface area contributed by atoms with Crippen LogP contribution in [0.4, 0.5) is 0 Å². The van der Waals surface area contributed by atoms with Gasteiger partial charge in [0.25, 0.3) is 0 Å². The van der Waals surface area contributed by atoms with Gasteiger partial charge < -0.3 is 14.6 Å². The van der Waals surface area contributed by atoms with Gasteiger partial charge in [0.15, 0.2) is 0 Å². The van der Waals surface area contributed by atoms with Crippen molar-refractivity contribution >= 4 is 33.3 Å². The monoisotopic (exact) mass is 459 g/mol. The topological polar surface area (TPSA) is 91.7 Å². The van der Waals surface area contributed by atoms with E-state index in [0.29, 0.717) is 12.3 Å². The second-order valence-electron chi connectivity index (χ2n) is 7.05. The summed E-state index contributed by atoms with van der Waals surface area (Å²) in [5.41, 5.74) is 0.725. The average molecular weight is 460 g/mol. The maximum absolute atomic E-state index is 12.4. The van der Waals surface area contributed by atoms with Gasteiger partial charge in [0.1, 0.15) is 5.76 Å². The van der Waals surface area contributed by atoms with E-state index >= 15 is 0 Å². The molecule has 7 nitrogen and oxygen atoms in total. The van der Waals surface area contributed by atoms with Crippen molar-refractivity contribution < 1.29 is 17.6 Å². The maximum atomic E-state index is 12.4. The summed E-state index contributed by atoms with van der Waals surface area (Å²) in [6.45, 7) is 0.575. The third-order valence-electron chi connectivity index (χ3n) is 4.60. The quantitative estimate of drug-likeness (QED) is 0.454. The molecule has 0 aliphatic heterocycles. The molecule has 9 heteroatoms. The summed E-state index contributed by atoms with van der Waals surface area (Å²) in [6, 6.07) is 13.9. The summed E-state index contributed by atoms with van der Waals surface area (Å²) >= 11 is 1.66. The van der Waals surface area contributed by atoms with E-state index in [0.717, 1.165) is 5.56 Å². The fourth-order valence-electron chi connectivity index (χ4n) is 2.87. The number of sulfonamides is 1. The lowest BCUT2D eigenvalue weighted by atomic mass is 10.2. The number of carbonyl (C=O) groups excluding carboxylic acids is 1. The number of nitrogens with zero attached hydrogens (tertiary/aromatic N) is 1. The highest BCUT2D eigenvalue weighted by molar-refractivity contribution is 7.89. The number of nitrogens with one attached hydrogen (secondary N) is 2. The van der Waals surface area contributed by atoms with Crippen molar-refractivity contribution in [3.05, 3.63) is 82.5 Å². The molecule has 1 amide bonds. The Kier molecular flexibility index (Phi) is 7.80. The maximum Gasteiger partial charge on any atom is 0.244 e. The first kappa shape index (κ1) is 23.0. The van der Waals surface area contributed by atoms with E-state index in [2.05, 4.69) is 21.0 Å². The molecular formula is C22H25N3O4S2. The minimum absolute atomic E-state index is 0.0799. The molecular weight excluding hydrogens is 434 g/mol. The molecule has 0 aliphatic carbocycles. The van der Waals surface area contributed by atoms with Crippen molar-refractivity contribution in [1.82, 2.24) is 14.9 Å². The molecule has 31 heavy (non-hydrogen) atoms. The zero-order valence-corrected chi connectivity index (χ0v) is 18.9. The zero-order valence-electron chi connectivity index (χ0n) is 17.3. The standard InChI is InChI=1S/C22H25N3O4S2/c1-25(2)20(21-6-4-14-30-21)16-23-22(26)12-9-17-7-10-19(11-8-17)31(27,28)24-15-18-5-3-13-29-18/h3-14,20,24H,15-16H2,1-2H3,(H,23,26)/b12-9+. The van der Waals surface area contributed by atoms with Gasteiger partial charge in [-0.3, -0.25) is 4.79 Å². The van der Waals surface area contributed by atoms with E-state index in [1.165, 1.54) is 29.3 Å². The van der Waals surface area contributed by atoms with Gasteiger partial charge in [-0.1, -0.05) is 18.2 Å². The van der Waals surface area contributed by atoms with E-state index in [4.69, 9.17) is 4.42 Å². The second-order valence-corrected chi connectivity index (χ2v) is 9.79. The molecule has 0 saturated carbocycles. The lowest BCUT2D eigenvalue weighted by Crippen LogP contribution is -2.33. The Labute approximate surface area is 186 Å². The Morgan fingerprint density at radius 3 is 2.55 bits per heavy atom. The van der Waals surface area contributed by atoms with Gasteiger partial charge in [-0.15, -0.1) is 11.3 Å². The van der Waals surface area contributed by atoms with Crippen molar-refractivity contribution in [2.24, 2.45) is 0 Å². The fourth-order valence-corrected chi connectivity index (χ4v) is 4.78. The highest BCUT2D eigenvalue weighted by atomic mass is 32.2. The number of hydrogen-bond acceptors (Lipinski definition) is 6. The molecule has 1 unspecified atom stereocenters. The number of thiophene rings is 1. The number of carbonyl (C=O) groups is 1. The van der Waals surface area contributed by atoms with Crippen LogP contribution in [0.1, 0.15) is 22.2 Å². The number of furan rings is 1. The highest BCUT2D eigenvalue weighted by Gasteiger charge is 2.16. The van der Waals surface area contributed by atoms with Gasteiger partial charge in [0.05, 0.1) is 23.7 Å². The van der Waals surface area contributed by atoms with E-state index in [-0.39, 0.29) is 23.4 Å². The van der Waals surface area contributed by atoms with Crippen molar-refractivity contribution in [2.75, 3.05) is 20.6 Å². The summed E-state index contributed by atoms with van der Waals surface area (Å²) in [5.74, 6) is 0.324. The SMILES string of the molecule is CN(C)C(CNC(=O)/C=C/c1ccc(S(=O)(=O)NCc2ccco2)cc1)c1cccs1. The molecule has 0 saturated heterocycles. The number of hydrogen-bond donors (Lipinski definition) is 2. The van der Waals surface area contributed by atoms with Crippen LogP contribution in [-0.2, 0) is 21.4 Å². The molecule has 0 fully saturated rings. The normalized spacial score (nSPS) is 13.0. The lowest BCUT2D eigenvalue weighted by molar-refractivity contribution is -0.116. The number of likely N-dealkylation sites (N-methyl/N-ethyl adjacent to an activating group) is 1. The zero-order chi connectivity index (χ0) is 22.3. The predicted octanol–water partition coefficient (Wildman–Crippen LogP) is 3.25. The summed E-state index contributed by atoms with van der Waals surface area (Å²) in [5, 5.41) is 4.93. The van der Waals surface area contributed by atoms with Crippen LogP contribution >= 0.6 is 11.3 Å². The summed E-state index contributed by atoms with van der Waals surface area (Å²) in [6.07, 6.45) is 4.58. The summed E-state index contributed by atoms with van der Waals surface area (Å²) < 4.78 is 32.4. The van der Waals surface area contributed by atoms with E-state index < -0.39 is 10.0 Å². The molecule has 2 heterocycles. The molecule has 0 radical (unpaired) electrons. The Hall–Kier alpha value is -2.72. The fraction of sp³-hybridized carbons (Fsp3) is 0.227. The van der Waals surface area contributed by atoms with Crippen LogP contribution in [0, 0.1) is 0 Å². The molecule has 0 aliphatic rings. The van der Waals surface area contributed by atoms with Gasteiger partial charge >= 0.3 is 0 Å². The molecule has 1 atom stereocenters. The van der Waals surface area contributed by atoms with Crippen molar-refractivity contribution in [1.29, 1.82) is 0 Å². The Bertz CT molecular complexity index is 1090. The highest BCUT2D eigenvalue weighted by Crippen LogP contribution is 2.22. The largest absolute Gasteiger partial charge is 0.468 e. The summed E-state index contributed by atoms with van der Waals surface area (Å²) in [4.78, 5) is 15.6.